The summed E-state index contributed by atoms with van der Waals surface area (Å²) in [5, 5.41) is 2.15. The van der Waals surface area contributed by atoms with Gasteiger partial charge in [0.25, 0.3) is 5.91 Å². The predicted molar refractivity (Wildman–Crippen MR) is 64.6 cm³/mol. The number of anilines is 1. The number of benzene rings is 1. The van der Waals surface area contributed by atoms with E-state index >= 15 is 0 Å². The van der Waals surface area contributed by atoms with Crippen LogP contribution in [0, 0.1) is 6.92 Å². The molecule has 1 aliphatic rings. The summed E-state index contributed by atoms with van der Waals surface area (Å²) in [7, 11) is 0. The number of hydrogen-bond donors (Lipinski definition) is 2. The Morgan fingerprint density at radius 3 is 2.44 bits per heavy atom. The molecular formula is C12H13N3O3. The number of hydrogen-bond acceptors (Lipinski definition) is 4. The largest absolute Gasteiger partial charge is 0.399 e. The second-order valence-electron chi connectivity index (χ2n) is 4.21. The molecule has 1 aromatic rings. The highest BCUT2D eigenvalue weighted by Gasteiger charge is 2.27. The number of nitrogens with zero attached hydrogens (tertiary/aromatic N) is 1. The van der Waals surface area contributed by atoms with Gasteiger partial charge in [-0.05, 0) is 30.7 Å². The lowest BCUT2D eigenvalue weighted by atomic mass is 10.1. The summed E-state index contributed by atoms with van der Waals surface area (Å²) >= 11 is 0. The maximum atomic E-state index is 12.2. The molecule has 0 unspecified atom stereocenters. The van der Waals surface area contributed by atoms with E-state index in [-0.39, 0.29) is 19.0 Å². The van der Waals surface area contributed by atoms with E-state index in [1.54, 1.807) is 25.1 Å². The highest BCUT2D eigenvalue weighted by Crippen LogP contribution is 2.15. The molecule has 0 bridgehead atoms. The first-order valence-corrected chi connectivity index (χ1v) is 5.45. The number of nitrogens with two attached hydrogens (primary N) is 1. The van der Waals surface area contributed by atoms with Crippen molar-refractivity contribution in [2.24, 2.45) is 0 Å². The fourth-order valence-corrected chi connectivity index (χ4v) is 1.88. The quantitative estimate of drug-likeness (QED) is 0.525. The number of rotatable bonds is 1. The highest BCUT2D eigenvalue weighted by molar-refractivity contribution is 6.06. The topological polar surface area (TPSA) is 92.5 Å². The van der Waals surface area contributed by atoms with Gasteiger partial charge in [0.05, 0.1) is 0 Å². The summed E-state index contributed by atoms with van der Waals surface area (Å²) in [6.07, 6.45) is 0. The van der Waals surface area contributed by atoms with Crippen molar-refractivity contribution in [3.05, 3.63) is 29.3 Å². The zero-order chi connectivity index (χ0) is 13.3. The number of nitrogens with one attached hydrogen (secondary N) is 1. The highest BCUT2D eigenvalue weighted by atomic mass is 16.2. The summed E-state index contributed by atoms with van der Waals surface area (Å²) in [4.78, 5) is 35.8. The Morgan fingerprint density at radius 1 is 1.28 bits per heavy atom. The van der Waals surface area contributed by atoms with Crippen molar-refractivity contribution in [2.75, 3.05) is 18.8 Å². The van der Waals surface area contributed by atoms with Gasteiger partial charge in [-0.25, -0.2) is 0 Å². The van der Waals surface area contributed by atoms with E-state index in [2.05, 4.69) is 5.32 Å². The molecule has 1 aliphatic heterocycles. The fourth-order valence-electron chi connectivity index (χ4n) is 1.88. The van der Waals surface area contributed by atoms with Crippen LogP contribution in [0.25, 0.3) is 0 Å². The third-order valence-corrected chi connectivity index (χ3v) is 2.72. The van der Waals surface area contributed by atoms with E-state index in [0.29, 0.717) is 11.3 Å². The Bertz CT molecular complexity index is 523. The summed E-state index contributed by atoms with van der Waals surface area (Å²) in [5.41, 5.74) is 7.34. The maximum Gasteiger partial charge on any atom is 0.255 e. The van der Waals surface area contributed by atoms with Crippen molar-refractivity contribution in [1.29, 1.82) is 0 Å². The number of nitrogen functional groups attached to an aromatic ring is 1. The maximum absolute atomic E-state index is 12.2. The first-order valence-electron chi connectivity index (χ1n) is 5.45. The van der Waals surface area contributed by atoms with Gasteiger partial charge in [0.2, 0.25) is 11.8 Å². The van der Waals surface area contributed by atoms with E-state index in [1.165, 1.54) is 4.90 Å². The summed E-state index contributed by atoms with van der Waals surface area (Å²) < 4.78 is 0. The number of imide groups is 1. The lowest BCUT2D eigenvalue weighted by molar-refractivity contribution is -0.135. The average molecular weight is 247 g/mol. The SMILES string of the molecule is Cc1cc(N)ccc1C(=O)N1CC(=O)NC(=O)C1. The normalized spacial score (nSPS) is 15.5. The second kappa shape index (κ2) is 4.48. The van der Waals surface area contributed by atoms with Crippen molar-refractivity contribution < 1.29 is 14.4 Å². The lowest BCUT2D eigenvalue weighted by Gasteiger charge is -2.26. The minimum atomic E-state index is -0.465. The molecule has 0 aromatic heterocycles. The van der Waals surface area contributed by atoms with E-state index < -0.39 is 11.8 Å². The van der Waals surface area contributed by atoms with Crippen LogP contribution in [0.15, 0.2) is 18.2 Å². The third kappa shape index (κ3) is 2.32. The van der Waals surface area contributed by atoms with Gasteiger partial charge in [-0.3, -0.25) is 19.7 Å². The summed E-state index contributed by atoms with van der Waals surface area (Å²) in [5.74, 6) is -1.27. The predicted octanol–water partition coefficient (Wildman–Crippen LogP) is -0.324. The Labute approximate surface area is 104 Å². The molecule has 0 spiro atoms. The van der Waals surface area contributed by atoms with Gasteiger partial charge in [-0.2, -0.15) is 0 Å². The molecule has 18 heavy (non-hydrogen) atoms. The molecule has 6 heteroatoms. The van der Waals surface area contributed by atoms with Crippen molar-refractivity contribution in [2.45, 2.75) is 6.92 Å². The second-order valence-corrected chi connectivity index (χ2v) is 4.21. The molecule has 1 saturated heterocycles. The molecule has 6 nitrogen and oxygen atoms in total. The van der Waals surface area contributed by atoms with Gasteiger partial charge in [-0.15, -0.1) is 0 Å². The molecular weight excluding hydrogens is 234 g/mol. The van der Waals surface area contributed by atoms with Crippen LogP contribution in [-0.4, -0.2) is 35.7 Å². The van der Waals surface area contributed by atoms with Gasteiger partial charge in [0.15, 0.2) is 0 Å². The van der Waals surface area contributed by atoms with Crippen LogP contribution in [0.1, 0.15) is 15.9 Å². The summed E-state index contributed by atoms with van der Waals surface area (Å²) in [6, 6.07) is 4.90. The molecule has 0 aliphatic carbocycles. The number of carbonyl (C=O) groups is 3. The van der Waals surface area contributed by atoms with Crippen LogP contribution in [0.5, 0.6) is 0 Å². The molecule has 0 saturated carbocycles. The average Bonchev–Trinajstić information content (AvgIpc) is 2.26. The molecule has 0 radical (unpaired) electrons. The zero-order valence-corrected chi connectivity index (χ0v) is 9.90. The Hall–Kier alpha value is -2.37. The molecule has 1 heterocycles. The van der Waals surface area contributed by atoms with E-state index in [9.17, 15) is 14.4 Å². The van der Waals surface area contributed by atoms with E-state index in [0.717, 1.165) is 5.56 Å². The third-order valence-electron chi connectivity index (χ3n) is 2.72. The van der Waals surface area contributed by atoms with Crippen LogP contribution >= 0.6 is 0 Å². The smallest absolute Gasteiger partial charge is 0.255 e. The van der Waals surface area contributed by atoms with Crippen molar-refractivity contribution in [3.63, 3.8) is 0 Å². The molecule has 94 valence electrons. The first-order chi connectivity index (χ1) is 8.47. The molecule has 1 fully saturated rings. The minimum absolute atomic E-state index is 0.103. The molecule has 3 amide bonds. The van der Waals surface area contributed by atoms with Crippen molar-refractivity contribution >= 4 is 23.4 Å². The number of piperazine rings is 1. The lowest BCUT2D eigenvalue weighted by Crippen LogP contribution is -2.53. The van der Waals surface area contributed by atoms with Gasteiger partial charge in [-0.1, -0.05) is 0 Å². The number of amides is 3. The first kappa shape index (κ1) is 12.1. The minimum Gasteiger partial charge on any atom is -0.399 e. The van der Waals surface area contributed by atoms with Gasteiger partial charge < -0.3 is 10.6 Å². The standard InChI is InChI=1S/C12H13N3O3/c1-7-4-8(13)2-3-9(7)12(18)15-5-10(16)14-11(17)6-15/h2-4H,5-6,13H2,1H3,(H,14,16,17). The molecule has 3 N–H and O–H groups in total. The van der Waals surface area contributed by atoms with Crippen LogP contribution < -0.4 is 11.1 Å². The van der Waals surface area contributed by atoms with Gasteiger partial charge in [0, 0.05) is 11.3 Å². The summed E-state index contributed by atoms with van der Waals surface area (Å²) in [6.45, 7) is 1.55. The Morgan fingerprint density at radius 2 is 1.89 bits per heavy atom. The van der Waals surface area contributed by atoms with E-state index in [1.807, 2.05) is 0 Å². The van der Waals surface area contributed by atoms with Crippen molar-refractivity contribution in [1.82, 2.24) is 10.2 Å². The Kier molecular flexibility index (Phi) is 3.01. The van der Waals surface area contributed by atoms with Gasteiger partial charge in [0.1, 0.15) is 13.1 Å². The van der Waals surface area contributed by atoms with Crippen molar-refractivity contribution in [3.8, 4) is 0 Å². The number of aryl methyl sites for hydroxylation is 1. The zero-order valence-electron chi connectivity index (χ0n) is 9.90. The van der Waals surface area contributed by atoms with Crippen LogP contribution in [0.2, 0.25) is 0 Å². The molecule has 0 atom stereocenters. The van der Waals surface area contributed by atoms with Gasteiger partial charge >= 0.3 is 0 Å². The van der Waals surface area contributed by atoms with E-state index in [4.69, 9.17) is 5.73 Å². The monoisotopic (exact) mass is 247 g/mol. The molecule has 1 aromatic carbocycles. The number of carbonyl (C=O) groups excluding carboxylic acids is 3. The van der Waals surface area contributed by atoms with Crippen LogP contribution in [0.3, 0.4) is 0 Å². The fraction of sp³-hybridized carbons (Fsp3) is 0.250. The van der Waals surface area contributed by atoms with Crippen LogP contribution in [-0.2, 0) is 9.59 Å². The van der Waals surface area contributed by atoms with Crippen LogP contribution in [0.4, 0.5) is 5.69 Å². The Balaban J connectivity index is 2.25. The molecule has 2 rings (SSSR count).